The molecule has 0 saturated carbocycles. The second-order valence-corrected chi connectivity index (χ2v) is 2.83. The summed E-state index contributed by atoms with van der Waals surface area (Å²) >= 11 is 0. The van der Waals surface area contributed by atoms with Crippen molar-refractivity contribution in [1.82, 2.24) is 0 Å². The molecular weight excluding hydrogens is 173 g/mol. The average Bonchev–Trinajstić information content (AvgIpc) is 2.08. The Balaban J connectivity index is 3.27. The van der Waals surface area contributed by atoms with Gasteiger partial charge in [0.15, 0.2) is 11.5 Å². The highest BCUT2D eigenvalue weighted by Crippen LogP contribution is 2.33. The molecule has 3 nitrogen and oxygen atoms in total. The van der Waals surface area contributed by atoms with Crippen molar-refractivity contribution < 1.29 is 14.2 Å². The fourth-order valence-electron chi connectivity index (χ4n) is 1.10. The third-order valence-corrected chi connectivity index (χ3v) is 1.78. The molecule has 4 heteroatoms. The van der Waals surface area contributed by atoms with Crippen LogP contribution in [0.3, 0.4) is 0 Å². The van der Waals surface area contributed by atoms with Crippen molar-refractivity contribution in [2.24, 2.45) is 5.73 Å². The maximum absolute atomic E-state index is 12.9. The molecule has 0 spiro atoms. The summed E-state index contributed by atoms with van der Waals surface area (Å²) < 4.78 is 17.7. The molecule has 0 radical (unpaired) electrons. The summed E-state index contributed by atoms with van der Waals surface area (Å²) in [4.78, 5) is 0. The summed E-state index contributed by atoms with van der Waals surface area (Å²) in [7, 11) is 1.36. The molecule has 0 aromatic heterocycles. The SMILES string of the molecule is COc1cc(F)cc(C(C)N)c1O. The lowest BCUT2D eigenvalue weighted by atomic mass is 10.1. The highest BCUT2D eigenvalue weighted by atomic mass is 19.1. The molecule has 0 heterocycles. The predicted octanol–water partition coefficient (Wildman–Crippen LogP) is 1.56. The monoisotopic (exact) mass is 185 g/mol. The lowest BCUT2D eigenvalue weighted by Gasteiger charge is -2.11. The molecular formula is C9H12FNO2. The summed E-state index contributed by atoms with van der Waals surface area (Å²) in [6.07, 6.45) is 0. The zero-order valence-corrected chi connectivity index (χ0v) is 7.54. The smallest absolute Gasteiger partial charge is 0.163 e. The molecule has 1 aromatic carbocycles. The molecule has 1 unspecified atom stereocenters. The number of hydrogen-bond acceptors (Lipinski definition) is 3. The van der Waals surface area contributed by atoms with Gasteiger partial charge in [-0.05, 0) is 13.0 Å². The zero-order valence-electron chi connectivity index (χ0n) is 7.54. The van der Waals surface area contributed by atoms with Gasteiger partial charge in [0.25, 0.3) is 0 Å². The van der Waals surface area contributed by atoms with Crippen LogP contribution in [0.1, 0.15) is 18.5 Å². The van der Waals surface area contributed by atoms with Crippen LogP contribution >= 0.6 is 0 Å². The number of hydrogen-bond donors (Lipinski definition) is 2. The van der Waals surface area contributed by atoms with E-state index < -0.39 is 11.9 Å². The van der Waals surface area contributed by atoms with Gasteiger partial charge in [0.1, 0.15) is 5.82 Å². The number of aromatic hydroxyl groups is 1. The standard InChI is InChI=1S/C9H12FNO2/c1-5(11)7-3-6(10)4-8(13-2)9(7)12/h3-5,12H,11H2,1-2H3. The molecule has 0 aliphatic carbocycles. The topological polar surface area (TPSA) is 55.5 Å². The van der Waals surface area contributed by atoms with Gasteiger partial charge < -0.3 is 15.6 Å². The van der Waals surface area contributed by atoms with Gasteiger partial charge in [0, 0.05) is 17.7 Å². The van der Waals surface area contributed by atoms with Gasteiger partial charge in [-0.2, -0.15) is 0 Å². The minimum Gasteiger partial charge on any atom is -0.504 e. The Morgan fingerprint density at radius 1 is 1.54 bits per heavy atom. The first-order valence-electron chi connectivity index (χ1n) is 3.88. The molecule has 72 valence electrons. The summed E-state index contributed by atoms with van der Waals surface area (Å²) in [6, 6.07) is 1.88. The van der Waals surface area contributed by atoms with Crippen LogP contribution in [-0.2, 0) is 0 Å². The van der Waals surface area contributed by atoms with Crippen LogP contribution in [0.25, 0.3) is 0 Å². The van der Waals surface area contributed by atoms with Crippen molar-refractivity contribution in [2.45, 2.75) is 13.0 Å². The van der Waals surface area contributed by atoms with Crippen molar-refractivity contribution >= 4 is 0 Å². The Bertz CT molecular complexity index is 313. The van der Waals surface area contributed by atoms with E-state index in [0.29, 0.717) is 5.56 Å². The number of phenols is 1. The Morgan fingerprint density at radius 3 is 2.62 bits per heavy atom. The summed E-state index contributed by atoms with van der Waals surface area (Å²) in [5.41, 5.74) is 5.87. The highest BCUT2D eigenvalue weighted by Gasteiger charge is 2.13. The minimum atomic E-state index is -0.470. The first-order chi connectivity index (χ1) is 6.06. The Kier molecular flexibility index (Phi) is 2.72. The average molecular weight is 185 g/mol. The van der Waals surface area contributed by atoms with Crippen LogP contribution in [0, 0.1) is 5.82 Å². The third kappa shape index (κ3) is 1.89. The van der Waals surface area contributed by atoms with Crippen molar-refractivity contribution in [3.05, 3.63) is 23.5 Å². The predicted molar refractivity (Wildman–Crippen MR) is 47.2 cm³/mol. The van der Waals surface area contributed by atoms with Crippen molar-refractivity contribution in [2.75, 3.05) is 7.11 Å². The Hall–Kier alpha value is -1.29. The van der Waals surface area contributed by atoms with Crippen LogP contribution in [0.15, 0.2) is 12.1 Å². The van der Waals surface area contributed by atoms with Crippen molar-refractivity contribution in [3.8, 4) is 11.5 Å². The minimum absolute atomic E-state index is 0.0982. The molecule has 0 saturated heterocycles. The lowest BCUT2D eigenvalue weighted by Crippen LogP contribution is -2.06. The van der Waals surface area contributed by atoms with Gasteiger partial charge >= 0.3 is 0 Å². The van der Waals surface area contributed by atoms with Gasteiger partial charge in [0.2, 0.25) is 0 Å². The van der Waals surface area contributed by atoms with E-state index in [2.05, 4.69) is 0 Å². The number of nitrogens with two attached hydrogens (primary N) is 1. The quantitative estimate of drug-likeness (QED) is 0.735. The van der Waals surface area contributed by atoms with Gasteiger partial charge in [0.05, 0.1) is 7.11 Å². The van der Waals surface area contributed by atoms with E-state index in [0.717, 1.165) is 6.07 Å². The molecule has 1 aromatic rings. The van der Waals surface area contributed by atoms with Crippen molar-refractivity contribution in [3.63, 3.8) is 0 Å². The van der Waals surface area contributed by atoms with Crippen LogP contribution in [0.5, 0.6) is 11.5 Å². The summed E-state index contributed by atoms with van der Waals surface area (Å²) in [6.45, 7) is 1.66. The number of halogens is 1. The van der Waals surface area contributed by atoms with Gasteiger partial charge in [-0.25, -0.2) is 4.39 Å². The number of phenolic OH excluding ortho intramolecular Hbond substituents is 1. The molecule has 0 aliphatic rings. The first-order valence-corrected chi connectivity index (χ1v) is 3.88. The van der Waals surface area contributed by atoms with E-state index in [-0.39, 0.29) is 11.5 Å². The van der Waals surface area contributed by atoms with E-state index >= 15 is 0 Å². The number of methoxy groups -OCH3 is 1. The maximum atomic E-state index is 12.9. The number of ether oxygens (including phenoxy) is 1. The molecule has 0 fully saturated rings. The van der Waals surface area contributed by atoms with Crippen molar-refractivity contribution in [1.29, 1.82) is 0 Å². The zero-order chi connectivity index (χ0) is 10.0. The van der Waals surface area contributed by atoms with E-state index in [1.54, 1.807) is 6.92 Å². The lowest BCUT2D eigenvalue weighted by molar-refractivity contribution is 0.365. The molecule has 3 N–H and O–H groups in total. The molecule has 0 aliphatic heterocycles. The highest BCUT2D eigenvalue weighted by molar-refractivity contribution is 5.47. The summed E-state index contributed by atoms with van der Waals surface area (Å²) in [5, 5.41) is 9.51. The fraction of sp³-hybridized carbons (Fsp3) is 0.333. The van der Waals surface area contributed by atoms with Crippen LogP contribution in [0.2, 0.25) is 0 Å². The second kappa shape index (κ2) is 3.62. The maximum Gasteiger partial charge on any atom is 0.163 e. The molecule has 0 bridgehead atoms. The van der Waals surface area contributed by atoms with Crippen LogP contribution in [-0.4, -0.2) is 12.2 Å². The fourth-order valence-corrected chi connectivity index (χ4v) is 1.10. The Morgan fingerprint density at radius 2 is 2.15 bits per heavy atom. The number of rotatable bonds is 2. The number of benzene rings is 1. The van der Waals surface area contributed by atoms with Gasteiger partial charge in [-0.1, -0.05) is 0 Å². The molecule has 13 heavy (non-hydrogen) atoms. The van der Waals surface area contributed by atoms with E-state index in [9.17, 15) is 9.50 Å². The van der Waals surface area contributed by atoms with Crippen LogP contribution in [0.4, 0.5) is 4.39 Å². The van der Waals surface area contributed by atoms with Gasteiger partial charge in [-0.15, -0.1) is 0 Å². The molecule has 0 amide bonds. The first kappa shape index (κ1) is 9.80. The Labute approximate surface area is 75.9 Å². The second-order valence-electron chi connectivity index (χ2n) is 2.83. The molecule has 1 rings (SSSR count). The van der Waals surface area contributed by atoms with Gasteiger partial charge in [-0.3, -0.25) is 0 Å². The summed E-state index contributed by atoms with van der Waals surface area (Å²) in [5.74, 6) is -0.465. The normalized spacial score (nSPS) is 12.6. The van der Waals surface area contributed by atoms with E-state index in [1.807, 2.05) is 0 Å². The third-order valence-electron chi connectivity index (χ3n) is 1.78. The van der Waals surface area contributed by atoms with E-state index in [4.69, 9.17) is 10.5 Å². The van der Waals surface area contributed by atoms with Crippen LogP contribution < -0.4 is 10.5 Å². The van der Waals surface area contributed by atoms with E-state index in [1.165, 1.54) is 13.2 Å². The molecule has 1 atom stereocenters. The largest absolute Gasteiger partial charge is 0.504 e.